The summed E-state index contributed by atoms with van der Waals surface area (Å²) >= 11 is 5.92. The maximum absolute atomic E-state index is 10.7. The molecule has 0 aliphatic carbocycles. The number of benzene rings is 1. The summed E-state index contributed by atoms with van der Waals surface area (Å²) in [5, 5.41) is 9.88. The fraction of sp³-hybridized carbons (Fsp3) is 0.0833. The Balaban J connectivity index is 3.03. The lowest BCUT2D eigenvalue weighted by Gasteiger charge is -2.03. The molecule has 0 fully saturated rings. The smallest absolute Gasteiger partial charge is 0.156 e. The molecule has 0 aliphatic heterocycles. The number of aliphatic hydroxyl groups excluding tert-OH is 1. The average molecular weight is 238 g/mol. The van der Waals surface area contributed by atoms with Gasteiger partial charge in [-0.05, 0) is 13.0 Å². The van der Waals surface area contributed by atoms with Crippen LogP contribution in [0.3, 0.4) is 0 Å². The monoisotopic (exact) mass is 237 g/mol. The molecule has 0 spiro atoms. The van der Waals surface area contributed by atoms with E-state index in [1.54, 1.807) is 24.3 Å². The van der Waals surface area contributed by atoms with Gasteiger partial charge in [-0.3, -0.25) is 4.79 Å². The highest BCUT2D eigenvalue weighted by Gasteiger charge is 2.02. The number of allylic oxidation sites excluding steroid dienone is 2. The van der Waals surface area contributed by atoms with Crippen LogP contribution in [0.1, 0.15) is 12.5 Å². The van der Waals surface area contributed by atoms with E-state index in [-0.39, 0.29) is 11.5 Å². The Morgan fingerprint density at radius 3 is 2.56 bits per heavy atom. The highest BCUT2D eigenvalue weighted by Crippen LogP contribution is 2.20. The second-order valence-electron chi connectivity index (χ2n) is 3.26. The summed E-state index contributed by atoms with van der Waals surface area (Å²) in [5.41, 5.74) is 6.66. The minimum atomic E-state index is -0.249. The van der Waals surface area contributed by atoms with Crippen LogP contribution < -0.4 is 5.73 Å². The van der Waals surface area contributed by atoms with Crippen molar-refractivity contribution in [2.75, 3.05) is 0 Å². The molecule has 84 valence electrons. The lowest BCUT2D eigenvalue weighted by molar-refractivity contribution is -0.112. The summed E-state index contributed by atoms with van der Waals surface area (Å²) in [6.45, 7) is 1.34. The Labute approximate surface area is 98.8 Å². The SMILES string of the molecule is CC(=O)/C=C(O)\C=C(/N)c1ccccc1Cl. The van der Waals surface area contributed by atoms with Gasteiger partial charge in [0.05, 0.1) is 0 Å². The number of ketones is 1. The second-order valence-corrected chi connectivity index (χ2v) is 3.67. The molecule has 3 nitrogen and oxygen atoms in total. The maximum atomic E-state index is 10.7. The second kappa shape index (κ2) is 5.37. The zero-order valence-electron chi connectivity index (χ0n) is 8.77. The third-order valence-electron chi connectivity index (χ3n) is 1.84. The summed E-state index contributed by atoms with van der Waals surface area (Å²) in [4.78, 5) is 10.7. The number of rotatable bonds is 3. The highest BCUT2D eigenvalue weighted by atomic mass is 35.5. The van der Waals surface area contributed by atoms with E-state index in [1.807, 2.05) is 0 Å². The van der Waals surface area contributed by atoms with Crippen molar-refractivity contribution in [2.24, 2.45) is 5.73 Å². The van der Waals surface area contributed by atoms with Crippen LogP contribution in [0, 0.1) is 0 Å². The molecule has 0 heterocycles. The molecule has 0 radical (unpaired) electrons. The molecule has 4 heteroatoms. The fourth-order valence-corrected chi connectivity index (χ4v) is 1.43. The lowest BCUT2D eigenvalue weighted by Crippen LogP contribution is -1.98. The molecule has 0 aromatic heterocycles. The van der Waals surface area contributed by atoms with Crippen molar-refractivity contribution < 1.29 is 9.90 Å². The quantitative estimate of drug-likeness (QED) is 0.483. The van der Waals surface area contributed by atoms with Crippen molar-refractivity contribution in [1.82, 2.24) is 0 Å². The van der Waals surface area contributed by atoms with Crippen LogP contribution in [0.25, 0.3) is 5.70 Å². The molecule has 0 unspecified atom stereocenters. The minimum Gasteiger partial charge on any atom is -0.508 e. The molecule has 1 aromatic rings. The standard InChI is InChI=1S/C12H12ClNO2/c1-8(15)6-9(16)7-12(14)10-4-2-3-5-11(10)13/h2-7,16H,14H2,1H3/b9-6+,12-7-. The van der Waals surface area contributed by atoms with Crippen molar-refractivity contribution in [3.8, 4) is 0 Å². The first-order valence-electron chi connectivity index (χ1n) is 4.64. The third kappa shape index (κ3) is 3.44. The Bertz CT molecular complexity index is 464. The summed E-state index contributed by atoms with van der Waals surface area (Å²) < 4.78 is 0. The van der Waals surface area contributed by atoms with E-state index < -0.39 is 0 Å². The van der Waals surface area contributed by atoms with Gasteiger partial charge < -0.3 is 10.8 Å². The molecule has 0 saturated carbocycles. The van der Waals surface area contributed by atoms with Gasteiger partial charge in [0.1, 0.15) is 5.76 Å². The summed E-state index contributed by atoms with van der Waals surface area (Å²) in [5.74, 6) is -0.439. The number of carbonyl (C=O) groups is 1. The van der Waals surface area contributed by atoms with Crippen molar-refractivity contribution in [3.05, 3.63) is 52.8 Å². The van der Waals surface area contributed by atoms with Gasteiger partial charge in [-0.1, -0.05) is 29.8 Å². The average Bonchev–Trinajstić information content (AvgIpc) is 2.16. The van der Waals surface area contributed by atoms with E-state index in [9.17, 15) is 9.90 Å². The zero-order chi connectivity index (χ0) is 12.1. The Morgan fingerprint density at radius 1 is 1.38 bits per heavy atom. The maximum Gasteiger partial charge on any atom is 0.156 e. The van der Waals surface area contributed by atoms with Crippen LogP contribution in [0.5, 0.6) is 0 Å². The van der Waals surface area contributed by atoms with Crippen LogP contribution in [0.15, 0.2) is 42.2 Å². The zero-order valence-corrected chi connectivity index (χ0v) is 9.53. The molecule has 0 saturated heterocycles. The normalized spacial score (nSPS) is 12.6. The molecule has 3 N–H and O–H groups in total. The first kappa shape index (κ1) is 12.3. The van der Waals surface area contributed by atoms with Crippen LogP contribution in [-0.2, 0) is 4.79 Å². The largest absolute Gasteiger partial charge is 0.508 e. The van der Waals surface area contributed by atoms with Crippen LogP contribution in [0.4, 0.5) is 0 Å². The summed E-state index contributed by atoms with van der Waals surface area (Å²) in [6, 6.07) is 7.00. The topological polar surface area (TPSA) is 63.3 Å². The molecule has 16 heavy (non-hydrogen) atoms. The summed E-state index contributed by atoms with van der Waals surface area (Å²) in [6.07, 6.45) is 2.38. The molecule has 0 bridgehead atoms. The lowest BCUT2D eigenvalue weighted by atomic mass is 10.1. The van der Waals surface area contributed by atoms with Gasteiger partial charge >= 0.3 is 0 Å². The third-order valence-corrected chi connectivity index (χ3v) is 2.17. The van der Waals surface area contributed by atoms with Gasteiger partial charge in [0, 0.05) is 28.4 Å². The minimum absolute atomic E-state index is 0.190. The van der Waals surface area contributed by atoms with Gasteiger partial charge in [-0.2, -0.15) is 0 Å². The number of hydrogen-bond acceptors (Lipinski definition) is 3. The van der Waals surface area contributed by atoms with Gasteiger partial charge in [0.25, 0.3) is 0 Å². The van der Waals surface area contributed by atoms with E-state index in [0.29, 0.717) is 16.3 Å². The van der Waals surface area contributed by atoms with Crippen LogP contribution >= 0.6 is 11.6 Å². The number of nitrogens with two attached hydrogens (primary N) is 1. The molecular weight excluding hydrogens is 226 g/mol. The van der Waals surface area contributed by atoms with Gasteiger partial charge in [0.2, 0.25) is 0 Å². The molecule has 0 amide bonds. The Morgan fingerprint density at radius 2 is 2.00 bits per heavy atom. The van der Waals surface area contributed by atoms with E-state index >= 15 is 0 Å². The Hall–Kier alpha value is -1.74. The van der Waals surface area contributed by atoms with Gasteiger partial charge in [-0.25, -0.2) is 0 Å². The summed E-state index contributed by atoms with van der Waals surface area (Å²) in [7, 11) is 0. The van der Waals surface area contributed by atoms with E-state index in [2.05, 4.69) is 0 Å². The van der Waals surface area contributed by atoms with Crippen LogP contribution in [0.2, 0.25) is 5.02 Å². The van der Waals surface area contributed by atoms with Crippen molar-refractivity contribution in [2.45, 2.75) is 6.92 Å². The number of halogens is 1. The number of aliphatic hydroxyl groups is 1. The van der Waals surface area contributed by atoms with Crippen molar-refractivity contribution in [1.29, 1.82) is 0 Å². The van der Waals surface area contributed by atoms with Gasteiger partial charge in [0.15, 0.2) is 5.78 Å². The molecule has 1 aromatic carbocycles. The van der Waals surface area contributed by atoms with E-state index in [4.69, 9.17) is 17.3 Å². The number of carbonyl (C=O) groups excluding carboxylic acids is 1. The first-order chi connectivity index (χ1) is 7.50. The van der Waals surface area contributed by atoms with Gasteiger partial charge in [-0.15, -0.1) is 0 Å². The predicted molar refractivity (Wildman–Crippen MR) is 65.0 cm³/mol. The van der Waals surface area contributed by atoms with Crippen LogP contribution in [-0.4, -0.2) is 10.9 Å². The van der Waals surface area contributed by atoms with E-state index in [0.717, 1.165) is 6.08 Å². The fourth-order valence-electron chi connectivity index (χ4n) is 1.18. The molecule has 0 atom stereocenters. The Kier molecular flexibility index (Phi) is 4.14. The first-order valence-corrected chi connectivity index (χ1v) is 5.02. The molecule has 1 rings (SSSR count). The highest BCUT2D eigenvalue weighted by molar-refractivity contribution is 6.32. The number of hydrogen-bond donors (Lipinski definition) is 2. The molecule has 0 aliphatic rings. The van der Waals surface area contributed by atoms with E-state index in [1.165, 1.54) is 13.0 Å². The molecular formula is C12H12ClNO2. The van der Waals surface area contributed by atoms with Crippen molar-refractivity contribution in [3.63, 3.8) is 0 Å². The predicted octanol–water partition coefficient (Wildman–Crippen LogP) is 2.67. The van der Waals surface area contributed by atoms with Crippen molar-refractivity contribution >= 4 is 23.1 Å².